The summed E-state index contributed by atoms with van der Waals surface area (Å²) >= 11 is 0. The van der Waals surface area contributed by atoms with Crippen LogP contribution in [0.1, 0.15) is 28.8 Å². The number of hydrogen-bond acceptors (Lipinski definition) is 1. The van der Waals surface area contributed by atoms with Gasteiger partial charge in [0, 0.05) is 43.0 Å². The fraction of sp³-hybridized carbons (Fsp3) is 0.400. The Hall–Kier alpha value is -1.91. The van der Waals surface area contributed by atoms with E-state index in [0.717, 1.165) is 16.5 Å². The zero-order chi connectivity index (χ0) is 14.3. The van der Waals surface area contributed by atoms with Crippen LogP contribution in [0.15, 0.2) is 24.4 Å². The van der Waals surface area contributed by atoms with Gasteiger partial charge in [0.2, 0.25) is 0 Å². The Morgan fingerprint density at radius 2 is 2.00 bits per heavy atom. The van der Waals surface area contributed by atoms with Crippen molar-refractivity contribution in [2.24, 2.45) is 0 Å². The molecule has 3 nitrogen and oxygen atoms in total. The van der Waals surface area contributed by atoms with Crippen molar-refractivity contribution in [2.75, 3.05) is 13.1 Å². The van der Waals surface area contributed by atoms with Crippen molar-refractivity contribution in [3.8, 4) is 0 Å². The number of likely N-dealkylation sites (tertiary alicyclic amines) is 1. The highest BCUT2D eigenvalue weighted by molar-refractivity contribution is 6.06. The number of halogens is 2. The Balaban J connectivity index is 1.88. The predicted octanol–water partition coefficient (Wildman–Crippen LogP) is 3.35. The van der Waals surface area contributed by atoms with Crippen LogP contribution in [-0.2, 0) is 0 Å². The third kappa shape index (κ3) is 2.28. The molecule has 2 heterocycles. The summed E-state index contributed by atoms with van der Waals surface area (Å²) in [4.78, 5) is 17.0. The number of benzene rings is 1. The first-order valence-electron chi connectivity index (χ1n) is 6.71. The summed E-state index contributed by atoms with van der Waals surface area (Å²) in [6.45, 7) is 2.19. The van der Waals surface area contributed by atoms with E-state index in [9.17, 15) is 13.6 Å². The average Bonchev–Trinajstić information content (AvgIpc) is 2.81. The van der Waals surface area contributed by atoms with Gasteiger partial charge >= 0.3 is 0 Å². The fourth-order valence-corrected chi connectivity index (χ4v) is 2.62. The van der Waals surface area contributed by atoms with Crippen LogP contribution in [0.5, 0.6) is 0 Å². The first kappa shape index (κ1) is 13.1. The van der Waals surface area contributed by atoms with Crippen LogP contribution < -0.4 is 0 Å². The summed E-state index contributed by atoms with van der Waals surface area (Å²) in [6, 6.07) is 5.83. The van der Waals surface area contributed by atoms with Gasteiger partial charge in [-0.3, -0.25) is 4.79 Å². The average molecular weight is 278 g/mol. The zero-order valence-corrected chi connectivity index (χ0v) is 11.2. The second-order valence-corrected chi connectivity index (χ2v) is 5.40. The quantitative estimate of drug-likeness (QED) is 0.853. The Morgan fingerprint density at radius 3 is 2.70 bits per heavy atom. The Kier molecular flexibility index (Phi) is 3.00. The summed E-state index contributed by atoms with van der Waals surface area (Å²) in [5.41, 5.74) is 2.52. The minimum Gasteiger partial charge on any atom is -0.360 e. The van der Waals surface area contributed by atoms with Gasteiger partial charge in [0.1, 0.15) is 0 Å². The van der Waals surface area contributed by atoms with E-state index in [1.807, 2.05) is 25.1 Å². The maximum Gasteiger partial charge on any atom is 0.256 e. The molecule has 1 aliphatic heterocycles. The molecular formula is C15H16F2N2O. The number of H-pyrrole nitrogens is 1. The number of fused-ring (bicyclic) bond motifs is 1. The van der Waals surface area contributed by atoms with E-state index in [0.29, 0.717) is 5.56 Å². The number of aromatic nitrogens is 1. The molecule has 0 aliphatic carbocycles. The van der Waals surface area contributed by atoms with E-state index in [4.69, 9.17) is 0 Å². The second kappa shape index (κ2) is 4.58. The first-order chi connectivity index (χ1) is 9.46. The molecule has 1 fully saturated rings. The molecule has 1 aromatic carbocycles. The van der Waals surface area contributed by atoms with Gasteiger partial charge in [-0.05, 0) is 19.1 Å². The lowest BCUT2D eigenvalue weighted by atomic mass is 10.0. The third-order valence-electron chi connectivity index (χ3n) is 3.85. The highest BCUT2D eigenvalue weighted by atomic mass is 19.3. The van der Waals surface area contributed by atoms with Crippen LogP contribution in [0, 0.1) is 6.92 Å². The number of aryl methyl sites for hydroxylation is 1. The monoisotopic (exact) mass is 278 g/mol. The Labute approximate surface area is 115 Å². The van der Waals surface area contributed by atoms with Crippen LogP contribution in [0.2, 0.25) is 0 Å². The standard InChI is InChI=1S/C15H16F2N2O/c1-10-2-3-13-11(8-10)12(9-18-13)14(20)19-6-4-15(16,17)5-7-19/h2-3,8-9,18H,4-7H2,1H3. The van der Waals surface area contributed by atoms with Gasteiger partial charge in [-0.15, -0.1) is 0 Å². The molecule has 5 heteroatoms. The molecule has 1 amide bonds. The number of aromatic amines is 1. The number of alkyl halides is 2. The van der Waals surface area contributed by atoms with Crippen LogP contribution in [0.4, 0.5) is 8.78 Å². The Morgan fingerprint density at radius 1 is 1.30 bits per heavy atom. The normalized spacial score (nSPS) is 18.4. The molecule has 1 aliphatic rings. The minimum atomic E-state index is -2.63. The molecule has 106 valence electrons. The number of hydrogen-bond donors (Lipinski definition) is 1. The molecule has 3 rings (SSSR count). The SMILES string of the molecule is Cc1ccc2[nH]cc(C(=O)N3CCC(F)(F)CC3)c2c1. The van der Waals surface area contributed by atoms with Gasteiger partial charge in [0.25, 0.3) is 11.8 Å². The highest BCUT2D eigenvalue weighted by Crippen LogP contribution is 2.29. The largest absolute Gasteiger partial charge is 0.360 e. The summed E-state index contributed by atoms with van der Waals surface area (Å²) in [5, 5.41) is 0.854. The van der Waals surface area contributed by atoms with Gasteiger partial charge in [0.15, 0.2) is 0 Å². The Bertz CT molecular complexity index is 653. The summed E-state index contributed by atoms with van der Waals surface area (Å²) in [7, 11) is 0. The topological polar surface area (TPSA) is 36.1 Å². The number of piperidine rings is 1. The van der Waals surface area contributed by atoms with Gasteiger partial charge in [-0.2, -0.15) is 0 Å². The van der Waals surface area contributed by atoms with Crippen molar-refractivity contribution in [2.45, 2.75) is 25.7 Å². The fourth-order valence-electron chi connectivity index (χ4n) is 2.62. The lowest BCUT2D eigenvalue weighted by Gasteiger charge is -2.31. The van der Waals surface area contributed by atoms with Crippen molar-refractivity contribution in [3.05, 3.63) is 35.5 Å². The van der Waals surface area contributed by atoms with Crippen LogP contribution in [0.3, 0.4) is 0 Å². The van der Waals surface area contributed by atoms with Crippen molar-refractivity contribution in [1.29, 1.82) is 0 Å². The lowest BCUT2D eigenvalue weighted by Crippen LogP contribution is -2.42. The first-order valence-corrected chi connectivity index (χ1v) is 6.71. The molecule has 0 atom stereocenters. The smallest absolute Gasteiger partial charge is 0.256 e. The maximum atomic E-state index is 13.1. The molecule has 1 N–H and O–H groups in total. The van der Waals surface area contributed by atoms with E-state index >= 15 is 0 Å². The molecule has 20 heavy (non-hydrogen) atoms. The molecule has 0 unspecified atom stereocenters. The number of amides is 1. The summed E-state index contributed by atoms with van der Waals surface area (Å²) < 4.78 is 26.3. The van der Waals surface area contributed by atoms with Crippen molar-refractivity contribution < 1.29 is 13.6 Å². The van der Waals surface area contributed by atoms with Crippen LogP contribution in [0.25, 0.3) is 10.9 Å². The van der Waals surface area contributed by atoms with E-state index in [2.05, 4.69) is 4.98 Å². The van der Waals surface area contributed by atoms with E-state index in [1.165, 1.54) is 4.90 Å². The van der Waals surface area contributed by atoms with E-state index < -0.39 is 5.92 Å². The molecule has 0 bridgehead atoms. The number of rotatable bonds is 1. The molecule has 0 radical (unpaired) electrons. The maximum absolute atomic E-state index is 13.1. The van der Waals surface area contributed by atoms with Gasteiger partial charge in [-0.25, -0.2) is 8.78 Å². The van der Waals surface area contributed by atoms with Crippen molar-refractivity contribution >= 4 is 16.8 Å². The minimum absolute atomic E-state index is 0.115. The van der Waals surface area contributed by atoms with Gasteiger partial charge < -0.3 is 9.88 Å². The molecule has 1 saturated heterocycles. The van der Waals surface area contributed by atoms with Crippen LogP contribution >= 0.6 is 0 Å². The molecule has 2 aromatic rings. The third-order valence-corrected chi connectivity index (χ3v) is 3.85. The van der Waals surface area contributed by atoms with E-state index in [1.54, 1.807) is 6.20 Å². The molecule has 0 saturated carbocycles. The summed E-state index contributed by atoms with van der Waals surface area (Å²) in [6.07, 6.45) is 1.17. The number of nitrogens with zero attached hydrogens (tertiary/aromatic N) is 1. The molecular weight excluding hydrogens is 262 g/mol. The van der Waals surface area contributed by atoms with Gasteiger partial charge in [0.05, 0.1) is 5.56 Å². The molecule has 0 spiro atoms. The highest BCUT2D eigenvalue weighted by Gasteiger charge is 2.36. The van der Waals surface area contributed by atoms with E-state index in [-0.39, 0.29) is 31.8 Å². The lowest BCUT2D eigenvalue weighted by molar-refractivity contribution is -0.0493. The number of nitrogens with one attached hydrogen (secondary N) is 1. The van der Waals surface area contributed by atoms with Crippen molar-refractivity contribution in [3.63, 3.8) is 0 Å². The zero-order valence-electron chi connectivity index (χ0n) is 11.2. The summed E-state index contributed by atoms with van der Waals surface area (Å²) in [5.74, 6) is -2.80. The van der Waals surface area contributed by atoms with Gasteiger partial charge in [-0.1, -0.05) is 11.6 Å². The second-order valence-electron chi connectivity index (χ2n) is 5.40. The number of carbonyl (C=O) groups is 1. The van der Waals surface area contributed by atoms with Crippen molar-refractivity contribution in [1.82, 2.24) is 9.88 Å². The van der Waals surface area contributed by atoms with Crippen LogP contribution in [-0.4, -0.2) is 34.8 Å². The number of carbonyl (C=O) groups excluding carboxylic acids is 1. The molecule has 1 aromatic heterocycles. The predicted molar refractivity (Wildman–Crippen MR) is 73.1 cm³/mol.